The van der Waals surface area contributed by atoms with Crippen LogP contribution in [0.25, 0.3) is 0 Å². The highest BCUT2D eigenvalue weighted by Crippen LogP contribution is 2.15. The van der Waals surface area contributed by atoms with Gasteiger partial charge in [0.1, 0.15) is 5.75 Å². The number of nitrogens with one attached hydrogen (secondary N) is 2. The summed E-state index contributed by atoms with van der Waals surface area (Å²) >= 11 is 0. The van der Waals surface area contributed by atoms with Crippen LogP contribution in [0.5, 0.6) is 5.75 Å². The van der Waals surface area contributed by atoms with Gasteiger partial charge in [0.05, 0.1) is 12.4 Å². The lowest BCUT2D eigenvalue weighted by atomic mass is 10.1. The van der Waals surface area contributed by atoms with Gasteiger partial charge in [0.25, 0.3) is 11.8 Å². The van der Waals surface area contributed by atoms with Gasteiger partial charge in [-0.2, -0.15) is 0 Å². The number of amides is 2. The average molecular weight is 378 g/mol. The van der Waals surface area contributed by atoms with E-state index in [1.165, 1.54) is 6.26 Å². The van der Waals surface area contributed by atoms with Crippen LogP contribution in [0.15, 0.2) is 71.3 Å². The van der Waals surface area contributed by atoms with Crippen molar-refractivity contribution in [2.24, 2.45) is 0 Å². The number of rotatable bonds is 7. The quantitative estimate of drug-likeness (QED) is 0.644. The first-order valence-electron chi connectivity index (χ1n) is 9.00. The first kappa shape index (κ1) is 19.2. The maximum Gasteiger partial charge on any atom is 0.291 e. The summed E-state index contributed by atoms with van der Waals surface area (Å²) < 4.78 is 10.7. The molecule has 0 fully saturated rings. The minimum absolute atomic E-state index is 0.0835. The van der Waals surface area contributed by atoms with Gasteiger partial charge >= 0.3 is 0 Å². The molecule has 1 heterocycles. The average Bonchev–Trinajstić information content (AvgIpc) is 3.21. The first-order chi connectivity index (χ1) is 13.5. The van der Waals surface area contributed by atoms with Crippen molar-refractivity contribution in [3.63, 3.8) is 0 Å². The Kier molecular flexibility index (Phi) is 6.11. The summed E-state index contributed by atoms with van der Waals surface area (Å²) in [4.78, 5) is 24.4. The fourth-order valence-corrected chi connectivity index (χ4v) is 2.60. The number of carbonyl (C=O) groups excluding carboxylic acids is 2. The molecule has 0 aliphatic rings. The maximum absolute atomic E-state index is 12.3. The summed E-state index contributed by atoms with van der Waals surface area (Å²) in [6, 6.07) is 17.5. The van der Waals surface area contributed by atoms with E-state index in [2.05, 4.69) is 10.6 Å². The van der Waals surface area contributed by atoms with Crippen LogP contribution in [0.4, 0.5) is 5.69 Å². The minimum atomic E-state index is -0.324. The molecule has 1 aromatic heterocycles. The van der Waals surface area contributed by atoms with Gasteiger partial charge in [0, 0.05) is 17.8 Å². The van der Waals surface area contributed by atoms with Crippen molar-refractivity contribution in [1.29, 1.82) is 0 Å². The smallest absolute Gasteiger partial charge is 0.291 e. The van der Waals surface area contributed by atoms with E-state index in [1.807, 2.05) is 26.0 Å². The molecule has 6 heteroatoms. The van der Waals surface area contributed by atoms with Gasteiger partial charge < -0.3 is 19.8 Å². The van der Waals surface area contributed by atoms with E-state index in [4.69, 9.17) is 9.15 Å². The van der Waals surface area contributed by atoms with Gasteiger partial charge in [-0.15, -0.1) is 0 Å². The molecule has 0 spiro atoms. The molecule has 0 bridgehead atoms. The normalized spacial score (nSPS) is 10.5. The fraction of sp³-hybridized carbons (Fsp3) is 0.182. The van der Waals surface area contributed by atoms with Crippen LogP contribution in [0.3, 0.4) is 0 Å². The molecule has 2 N–H and O–H groups in total. The molecule has 2 aromatic carbocycles. The van der Waals surface area contributed by atoms with E-state index >= 15 is 0 Å². The Morgan fingerprint density at radius 1 is 1.00 bits per heavy atom. The van der Waals surface area contributed by atoms with E-state index in [0.29, 0.717) is 17.8 Å². The standard InChI is InChI=1S/C22H22N2O4/c1-15(2)28-19-10-8-17(9-11-19)21(25)23-14-16-5-3-6-18(13-16)24-22(26)20-7-4-12-27-20/h3-13,15H,14H2,1-2H3,(H,23,25)(H,24,26). The lowest BCUT2D eigenvalue weighted by molar-refractivity contribution is 0.0949. The summed E-state index contributed by atoms with van der Waals surface area (Å²) in [5.74, 6) is 0.464. The van der Waals surface area contributed by atoms with Crippen molar-refractivity contribution >= 4 is 17.5 Å². The zero-order chi connectivity index (χ0) is 19.9. The number of hydrogen-bond acceptors (Lipinski definition) is 4. The highest BCUT2D eigenvalue weighted by atomic mass is 16.5. The van der Waals surface area contributed by atoms with Gasteiger partial charge in [0.2, 0.25) is 0 Å². The Balaban J connectivity index is 1.57. The molecule has 3 rings (SSSR count). The zero-order valence-corrected chi connectivity index (χ0v) is 15.8. The van der Waals surface area contributed by atoms with Crippen molar-refractivity contribution in [1.82, 2.24) is 5.32 Å². The summed E-state index contributed by atoms with van der Waals surface area (Å²) in [5, 5.41) is 5.64. The van der Waals surface area contributed by atoms with Crippen LogP contribution in [-0.4, -0.2) is 17.9 Å². The monoisotopic (exact) mass is 378 g/mol. The lowest BCUT2D eigenvalue weighted by Crippen LogP contribution is -2.22. The van der Waals surface area contributed by atoms with E-state index in [9.17, 15) is 9.59 Å². The molecule has 2 amide bonds. The van der Waals surface area contributed by atoms with Crippen LogP contribution >= 0.6 is 0 Å². The summed E-state index contributed by atoms with van der Waals surface area (Å²) in [5.41, 5.74) is 2.05. The van der Waals surface area contributed by atoms with Crippen molar-refractivity contribution in [3.8, 4) is 5.75 Å². The Labute approximate surface area is 163 Å². The Morgan fingerprint density at radius 2 is 1.79 bits per heavy atom. The predicted molar refractivity (Wildman–Crippen MR) is 106 cm³/mol. The highest BCUT2D eigenvalue weighted by Gasteiger charge is 2.10. The largest absolute Gasteiger partial charge is 0.491 e. The van der Waals surface area contributed by atoms with Crippen LogP contribution in [0, 0.1) is 0 Å². The second-order valence-corrected chi connectivity index (χ2v) is 6.51. The molecule has 0 unspecified atom stereocenters. The van der Waals surface area contributed by atoms with Crippen LogP contribution < -0.4 is 15.4 Å². The second-order valence-electron chi connectivity index (χ2n) is 6.51. The molecule has 144 valence electrons. The molecule has 0 saturated carbocycles. The van der Waals surface area contributed by atoms with Gasteiger partial charge in [-0.05, 0) is 67.9 Å². The molecule has 28 heavy (non-hydrogen) atoms. The second kappa shape index (κ2) is 8.90. The minimum Gasteiger partial charge on any atom is -0.491 e. The molecule has 0 atom stereocenters. The van der Waals surface area contributed by atoms with Gasteiger partial charge in [-0.25, -0.2) is 0 Å². The molecule has 0 aliphatic carbocycles. The topological polar surface area (TPSA) is 80.6 Å². The molecular formula is C22H22N2O4. The first-order valence-corrected chi connectivity index (χ1v) is 9.00. The Hall–Kier alpha value is -3.54. The maximum atomic E-state index is 12.3. The third-order valence-corrected chi connectivity index (χ3v) is 3.87. The summed E-state index contributed by atoms with van der Waals surface area (Å²) in [6.45, 7) is 4.24. The molecule has 0 saturated heterocycles. The third kappa shape index (κ3) is 5.23. The zero-order valence-electron chi connectivity index (χ0n) is 15.8. The molecule has 3 aromatic rings. The SMILES string of the molecule is CC(C)Oc1ccc(C(=O)NCc2cccc(NC(=O)c3ccco3)c2)cc1. The van der Waals surface area contributed by atoms with Crippen molar-refractivity contribution < 1.29 is 18.7 Å². The third-order valence-electron chi connectivity index (χ3n) is 3.87. The lowest BCUT2D eigenvalue weighted by Gasteiger charge is -2.11. The van der Waals surface area contributed by atoms with Crippen molar-refractivity contribution in [2.75, 3.05) is 5.32 Å². The molecule has 0 radical (unpaired) electrons. The summed E-state index contributed by atoms with van der Waals surface area (Å²) in [6.07, 6.45) is 1.53. The molecular weight excluding hydrogens is 356 g/mol. The van der Waals surface area contributed by atoms with E-state index in [-0.39, 0.29) is 23.7 Å². The van der Waals surface area contributed by atoms with Crippen LogP contribution in [0.2, 0.25) is 0 Å². The molecule has 0 aliphatic heterocycles. The van der Waals surface area contributed by atoms with E-state index in [0.717, 1.165) is 11.3 Å². The number of ether oxygens (including phenoxy) is 1. The van der Waals surface area contributed by atoms with Crippen molar-refractivity contribution in [3.05, 3.63) is 83.8 Å². The highest BCUT2D eigenvalue weighted by molar-refractivity contribution is 6.02. The number of anilines is 1. The number of hydrogen-bond donors (Lipinski definition) is 2. The number of carbonyl (C=O) groups is 2. The molecule has 6 nitrogen and oxygen atoms in total. The van der Waals surface area contributed by atoms with E-state index < -0.39 is 0 Å². The Bertz CT molecular complexity index is 931. The summed E-state index contributed by atoms with van der Waals surface area (Å²) in [7, 11) is 0. The van der Waals surface area contributed by atoms with Gasteiger partial charge in [-0.3, -0.25) is 9.59 Å². The van der Waals surface area contributed by atoms with E-state index in [1.54, 1.807) is 48.5 Å². The van der Waals surface area contributed by atoms with Crippen LogP contribution in [-0.2, 0) is 6.54 Å². The van der Waals surface area contributed by atoms with Gasteiger partial charge in [-0.1, -0.05) is 12.1 Å². The number of benzene rings is 2. The fourth-order valence-electron chi connectivity index (χ4n) is 2.60. The van der Waals surface area contributed by atoms with Crippen LogP contribution in [0.1, 0.15) is 40.3 Å². The number of furan rings is 1. The Morgan fingerprint density at radius 3 is 2.46 bits per heavy atom. The van der Waals surface area contributed by atoms with Gasteiger partial charge in [0.15, 0.2) is 5.76 Å². The predicted octanol–water partition coefficient (Wildman–Crippen LogP) is 4.25. The van der Waals surface area contributed by atoms with Crippen molar-refractivity contribution in [2.45, 2.75) is 26.5 Å².